The van der Waals surface area contributed by atoms with Gasteiger partial charge >= 0.3 is 0 Å². The van der Waals surface area contributed by atoms with Gasteiger partial charge in [-0.15, -0.1) is 0 Å². The van der Waals surface area contributed by atoms with Crippen LogP contribution in [0.5, 0.6) is 0 Å². The molecule has 1 amide bonds. The van der Waals surface area contributed by atoms with Crippen LogP contribution in [-0.4, -0.2) is 86.1 Å². The maximum Gasteiger partial charge on any atom is 0.223 e. The molecule has 5 nitrogen and oxygen atoms in total. The lowest BCUT2D eigenvalue weighted by Gasteiger charge is -2.37. The molecule has 5 heteroatoms. The molecule has 138 valence electrons. The van der Waals surface area contributed by atoms with Crippen molar-refractivity contribution in [2.45, 2.75) is 20.3 Å². The molecule has 0 bridgehead atoms. The van der Waals surface area contributed by atoms with Gasteiger partial charge in [-0.1, -0.05) is 19.1 Å². The lowest BCUT2D eigenvalue weighted by molar-refractivity contribution is -0.131. The Bertz CT molecular complexity index is 561. The summed E-state index contributed by atoms with van der Waals surface area (Å²) in [6, 6.07) is 8.64. The second kappa shape index (κ2) is 8.68. The Morgan fingerprint density at radius 3 is 2.28 bits per heavy atom. The first-order valence-electron chi connectivity index (χ1n) is 9.70. The monoisotopic (exact) mass is 344 g/mol. The van der Waals surface area contributed by atoms with E-state index >= 15 is 0 Å². The predicted octanol–water partition coefficient (Wildman–Crippen LogP) is 1.67. The maximum atomic E-state index is 12.5. The number of anilines is 1. The molecule has 0 aliphatic carbocycles. The van der Waals surface area contributed by atoms with Gasteiger partial charge in [0, 0.05) is 71.0 Å². The zero-order valence-electron chi connectivity index (χ0n) is 15.8. The highest BCUT2D eigenvalue weighted by Crippen LogP contribution is 2.18. The Balaban J connectivity index is 1.40. The summed E-state index contributed by atoms with van der Waals surface area (Å²) in [5.41, 5.74) is 2.57. The summed E-state index contributed by atoms with van der Waals surface area (Å²) in [5.74, 6) is 0.321. The fourth-order valence-electron chi connectivity index (χ4n) is 3.78. The highest BCUT2D eigenvalue weighted by Gasteiger charge is 2.22. The minimum atomic E-state index is 0.321. The van der Waals surface area contributed by atoms with Gasteiger partial charge in [-0.25, -0.2) is 0 Å². The standard InChI is InChI=1S/C20H32N4O/c1-3-21-9-11-22(12-10-21)8-7-20(25)24-15-13-23(14-16-24)19-6-4-5-18(2)17-19/h4-6,17H,3,7-16H2,1-2H3. The first-order valence-corrected chi connectivity index (χ1v) is 9.70. The molecule has 0 radical (unpaired) electrons. The van der Waals surface area contributed by atoms with Gasteiger partial charge < -0.3 is 19.6 Å². The van der Waals surface area contributed by atoms with Crippen LogP contribution in [0.4, 0.5) is 5.69 Å². The van der Waals surface area contributed by atoms with Crippen molar-refractivity contribution in [1.82, 2.24) is 14.7 Å². The number of carbonyl (C=O) groups excluding carboxylic acids is 1. The minimum Gasteiger partial charge on any atom is -0.368 e. The molecule has 1 aromatic carbocycles. The van der Waals surface area contributed by atoms with E-state index in [0.717, 1.165) is 65.4 Å². The maximum absolute atomic E-state index is 12.5. The summed E-state index contributed by atoms with van der Waals surface area (Å²) < 4.78 is 0. The molecule has 2 fully saturated rings. The molecule has 25 heavy (non-hydrogen) atoms. The lowest BCUT2D eigenvalue weighted by Crippen LogP contribution is -2.50. The summed E-state index contributed by atoms with van der Waals surface area (Å²) in [6.45, 7) is 14.4. The number of aryl methyl sites for hydroxylation is 1. The fourth-order valence-corrected chi connectivity index (χ4v) is 3.78. The van der Waals surface area contributed by atoms with Crippen molar-refractivity contribution < 1.29 is 4.79 Å². The Hall–Kier alpha value is -1.59. The Labute approximate surface area is 152 Å². The molecule has 0 spiro atoms. The fraction of sp³-hybridized carbons (Fsp3) is 0.650. The van der Waals surface area contributed by atoms with E-state index in [0.29, 0.717) is 12.3 Å². The average molecular weight is 345 g/mol. The van der Waals surface area contributed by atoms with E-state index in [9.17, 15) is 4.79 Å². The Morgan fingerprint density at radius 2 is 1.64 bits per heavy atom. The zero-order valence-corrected chi connectivity index (χ0v) is 15.8. The Morgan fingerprint density at radius 1 is 0.960 bits per heavy atom. The van der Waals surface area contributed by atoms with Crippen molar-refractivity contribution in [2.75, 3.05) is 70.3 Å². The van der Waals surface area contributed by atoms with Crippen LogP contribution in [0, 0.1) is 6.92 Å². The van der Waals surface area contributed by atoms with Crippen molar-refractivity contribution >= 4 is 11.6 Å². The van der Waals surface area contributed by atoms with Crippen molar-refractivity contribution in [1.29, 1.82) is 0 Å². The van der Waals surface area contributed by atoms with Crippen LogP contribution in [0.2, 0.25) is 0 Å². The number of hydrogen-bond donors (Lipinski definition) is 0. The number of carbonyl (C=O) groups is 1. The molecule has 0 N–H and O–H groups in total. The van der Waals surface area contributed by atoms with Gasteiger partial charge in [0.05, 0.1) is 0 Å². The van der Waals surface area contributed by atoms with Gasteiger partial charge in [0.15, 0.2) is 0 Å². The smallest absolute Gasteiger partial charge is 0.223 e. The third-order valence-corrected chi connectivity index (χ3v) is 5.55. The molecule has 2 heterocycles. The van der Waals surface area contributed by atoms with Crippen LogP contribution in [0.15, 0.2) is 24.3 Å². The molecule has 1 aromatic rings. The summed E-state index contributed by atoms with van der Waals surface area (Å²) in [7, 11) is 0. The van der Waals surface area contributed by atoms with Crippen molar-refractivity contribution in [3.63, 3.8) is 0 Å². The van der Waals surface area contributed by atoms with Gasteiger partial charge in [0.1, 0.15) is 0 Å². The predicted molar refractivity (Wildman–Crippen MR) is 103 cm³/mol. The number of piperazine rings is 2. The first kappa shape index (κ1) is 18.2. The molecule has 2 aliphatic heterocycles. The average Bonchev–Trinajstić information content (AvgIpc) is 2.66. The van der Waals surface area contributed by atoms with E-state index in [1.807, 2.05) is 0 Å². The van der Waals surface area contributed by atoms with Crippen LogP contribution < -0.4 is 4.90 Å². The van der Waals surface area contributed by atoms with Crippen LogP contribution in [0.1, 0.15) is 18.9 Å². The summed E-state index contributed by atoms with van der Waals surface area (Å²) >= 11 is 0. The number of likely N-dealkylation sites (N-methyl/N-ethyl adjacent to an activating group) is 1. The number of nitrogens with zero attached hydrogens (tertiary/aromatic N) is 4. The van der Waals surface area contributed by atoms with Gasteiger partial charge in [0.25, 0.3) is 0 Å². The van der Waals surface area contributed by atoms with E-state index in [-0.39, 0.29) is 0 Å². The highest BCUT2D eigenvalue weighted by molar-refractivity contribution is 5.76. The summed E-state index contributed by atoms with van der Waals surface area (Å²) in [4.78, 5) is 21.9. The minimum absolute atomic E-state index is 0.321. The third kappa shape index (κ3) is 4.95. The topological polar surface area (TPSA) is 30.0 Å². The van der Waals surface area contributed by atoms with Crippen molar-refractivity contribution in [3.05, 3.63) is 29.8 Å². The molecule has 0 atom stereocenters. The normalized spacial score (nSPS) is 20.1. The molecule has 2 saturated heterocycles. The molecule has 0 saturated carbocycles. The van der Waals surface area contributed by atoms with Crippen LogP contribution in [-0.2, 0) is 4.79 Å². The zero-order chi connectivity index (χ0) is 17.6. The van der Waals surface area contributed by atoms with Crippen molar-refractivity contribution in [3.8, 4) is 0 Å². The quantitative estimate of drug-likeness (QED) is 0.813. The lowest BCUT2D eigenvalue weighted by atomic mass is 10.2. The molecular formula is C20H32N4O. The molecule has 3 rings (SSSR count). The number of benzene rings is 1. The van der Waals surface area contributed by atoms with Crippen LogP contribution in [0.25, 0.3) is 0 Å². The molecule has 0 aromatic heterocycles. The largest absolute Gasteiger partial charge is 0.368 e. The molecule has 2 aliphatic rings. The Kier molecular flexibility index (Phi) is 6.32. The van der Waals surface area contributed by atoms with E-state index in [4.69, 9.17) is 0 Å². The van der Waals surface area contributed by atoms with Gasteiger partial charge in [-0.3, -0.25) is 4.79 Å². The number of hydrogen-bond acceptors (Lipinski definition) is 4. The van der Waals surface area contributed by atoms with Gasteiger partial charge in [-0.05, 0) is 31.2 Å². The van der Waals surface area contributed by atoms with Crippen LogP contribution >= 0.6 is 0 Å². The molecule has 0 unspecified atom stereocenters. The summed E-state index contributed by atoms with van der Waals surface area (Å²) in [6.07, 6.45) is 0.663. The van der Waals surface area contributed by atoms with Gasteiger partial charge in [-0.2, -0.15) is 0 Å². The number of amides is 1. The third-order valence-electron chi connectivity index (χ3n) is 5.55. The second-order valence-electron chi connectivity index (χ2n) is 7.23. The first-order chi connectivity index (χ1) is 12.2. The second-order valence-corrected chi connectivity index (χ2v) is 7.23. The van der Waals surface area contributed by atoms with E-state index in [2.05, 4.69) is 57.7 Å². The summed E-state index contributed by atoms with van der Waals surface area (Å²) in [5, 5.41) is 0. The van der Waals surface area contributed by atoms with E-state index in [1.54, 1.807) is 0 Å². The van der Waals surface area contributed by atoms with Gasteiger partial charge in [0.2, 0.25) is 5.91 Å². The van der Waals surface area contributed by atoms with Crippen LogP contribution in [0.3, 0.4) is 0 Å². The van der Waals surface area contributed by atoms with Crippen molar-refractivity contribution in [2.24, 2.45) is 0 Å². The SMILES string of the molecule is CCN1CCN(CCC(=O)N2CCN(c3cccc(C)c3)CC2)CC1. The number of rotatable bonds is 5. The highest BCUT2D eigenvalue weighted by atomic mass is 16.2. The van der Waals surface area contributed by atoms with E-state index in [1.165, 1.54) is 11.3 Å². The van der Waals surface area contributed by atoms with E-state index < -0.39 is 0 Å². The molecular weight excluding hydrogens is 312 g/mol.